The van der Waals surface area contributed by atoms with Crippen LogP contribution >= 0.6 is 0 Å². The number of rotatable bonds is 0. The molecule has 2 N–H and O–H groups in total. The minimum Gasteiger partial charge on any atom is -0.493 e. The summed E-state index contributed by atoms with van der Waals surface area (Å²) >= 11 is 0. The highest BCUT2D eigenvalue weighted by Crippen LogP contribution is 2.41. The lowest BCUT2D eigenvalue weighted by Gasteiger charge is -2.30. The van der Waals surface area contributed by atoms with Crippen molar-refractivity contribution in [2.75, 3.05) is 6.61 Å². The summed E-state index contributed by atoms with van der Waals surface area (Å²) in [5.74, 6) is 1.35. The molecule has 1 spiro atoms. The third-order valence-electron chi connectivity index (χ3n) is 2.75. The fraction of sp³-hybridized carbons (Fsp3) is 0.273. The van der Waals surface area contributed by atoms with E-state index in [2.05, 4.69) is 9.98 Å². The van der Waals surface area contributed by atoms with Crippen LogP contribution in [0.15, 0.2) is 34.3 Å². The summed E-state index contributed by atoms with van der Waals surface area (Å²) < 4.78 is 5.56. The monoisotopic (exact) mass is 201 g/mol. The Morgan fingerprint density at radius 2 is 2.20 bits per heavy atom. The Morgan fingerprint density at radius 1 is 1.33 bits per heavy atom. The third kappa shape index (κ3) is 1.14. The molecule has 2 heterocycles. The van der Waals surface area contributed by atoms with Crippen LogP contribution in [0.25, 0.3) is 0 Å². The number of para-hydroxylation sites is 1. The minimum absolute atomic E-state index is 0.492. The Bertz CT molecular complexity index is 467. The molecule has 0 bridgehead atoms. The lowest BCUT2D eigenvalue weighted by molar-refractivity contribution is 0.225. The van der Waals surface area contributed by atoms with Crippen molar-refractivity contribution in [3.05, 3.63) is 29.8 Å². The van der Waals surface area contributed by atoms with Gasteiger partial charge in [-0.25, -0.2) is 4.99 Å². The number of aliphatic imine (C=N–C) groups is 2. The van der Waals surface area contributed by atoms with Crippen molar-refractivity contribution in [1.82, 2.24) is 0 Å². The zero-order chi connectivity index (χ0) is 10.3. The number of hydrogen-bond donors (Lipinski definition) is 1. The summed E-state index contributed by atoms with van der Waals surface area (Å²) in [5.41, 5.74) is 6.15. The number of ether oxygens (including phenoxy) is 1. The molecule has 3 rings (SSSR count). The number of nitrogens with zero attached hydrogens (tertiary/aromatic N) is 2. The molecular formula is C11H11N3O. The molecule has 1 aromatic carbocycles. The van der Waals surface area contributed by atoms with Gasteiger partial charge in [-0.05, 0) is 6.07 Å². The van der Waals surface area contributed by atoms with Gasteiger partial charge in [0.05, 0.1) is 12.8 Å². The van der Waals surface area contributed by atoms with Crippen LogP contribution in [0.2, 0.25) is 0 Å². The molecule has 15 heavy (non-hydrogen) atoms. The first-order valence-corrected chi connectivity index (χ1v) is 4.93. The van der Waals surface area contributed by atoms with Gasteiger partial charge < -0.3 is 10.5 Å². The van der Waals surface area contributed by atoms with Crippen molar-refractivity contribution in [2.24, 2.45) is 15.7 Å². The van der Waals surface area contributed by atoms with Crippen molar-refractivity contribution in [3.8, 4) is 5.75 Å². The lowest BCUT2D eigenvalue weighted by atomic mass is 9.94. The fourth-order valence-electron chi connectivity index (χ4n) is 2.06. The van der Waals surface area contributed by atoms with Gasteiger partial charge in [-0.2, -0.15) is 0 Å². The van der Waals surface area contributed by atoms with E-state index in [0.717, 1.165) is 17.7 Å². The molecule has 0 fully saturated rings. The summed E-state index contributed by atoms with van der Waals surface area (Å²) in [7, 11) is 0. The Hall–Kier alpha value is -1.84. The van der Waals surface area contributed by atoms with Crippen molar-refractivity contribution in [2.45, 2.75) is 12.1 Å². The van der Waals surface area contributed by atoms with E-state index in [4.69, 9.17) is 10.5 Å². The van der Waals surface area contributed by atoms with Crippen LogP contribution in [0.3, 0.4) is 0 Å². The largest absolute Gasteiger partial charge is 0.493 e. The molecule has 0 saturated heterocycles. The van der Waals surface area contributed by atoms with Crippen molar-refractivity contribution >= 4 is 12.1 Å². The van der Waals surface area contributed by atoms with E-state index in [9.17, 15) is 0 Å². The standard InChI is InChI=1S/C11H11N3O/c12-10-7-13-11(14-10)5-6-15-9-4-2-1-3-8(9)11/h1-4,7H,5-6H2,(H2,12,14). The smallest absolute Gasteiger partial charge is 0.184 e. The highest BCUT2D eigenvalue weighted by atomic mass is 16.5. The Kier molecular flexibility index (Phi) is 1.59. The van der Waals surface area contributed by atoms with Crippen LogP contribution in [-0.2, 0) is 5.66 Å². The van der Waals surface area contributed by atoms with Crippen LogP contribution in [0.1, 0.15) is 12.0 Å². The predicted octanol–water partition coefficient (Wildman–Crippen LogP) is 1.06. The van der Waals surface area contributed by atoms with Gasteiger partial charge in [0.2, 0.25) is 0 Å². The van der Waals surface area contributed by atoms with Crippen LogP contribution in [0.4, 0.5) is 0 Å². The topological polar surface area (TPSA) is 60.0 Å². The maximum atomic E-state index is 5.66. The lowest BCUT2D eigenvalue weighted by Crippen LogP contribution is -2.28. The molecule has 1 unspecified atom stereocenters. The van der Waals surface area contributed by atoms with Gasteiger partial charge in [0.1, 0.15) is 11.6 Å². The highest BCUT2D eigenvalue weighted by molar-refractivity contribution is 6.30. The molecule has 0 aliphatic carbocycles. The third-order valence-corrected chi connectivity index (χ3v) is 2.75. The molecule has 1 aromatic rings. The number of hydrogen-bond acceptors (Lipinski definition) is 4. The van der Waals surface area contributed by atoms with E-state index >= 15 is 0 Å². The normalized spacial score (nSPS) is 27.3. The van der Waals surface area contributed by atoms with Crippen molar-refractivity contribution in [1.29, 1.82) is 0 Å². The van der Waals surface area contributed by atoms with E-state index in [-0.39, 0.29) is 0 Å². The van der Waals surface area contributed by atoms with Crippen molar-refractivity contribution in [3.63, 3.8) is 0 Å². The van der Waals surface area contributed by atoms with E-state index < -0.39 is 5.66 Å². The Morgan fingerprint density at radius 3 is 3.00 bits per heavy atom. The maximum Gasteiger partial charge on any atom is 0.184 e. The van der Waals surface area contributed by atoms with Gasteiger partial charge in [0.15, 0.2) is 5.66 Å². The zero-order valence-corrected chi connectivity index (χ0v) is 8.18. The first kappa shape index (κ1) is 8.47. The molecule has 2 aliphatic rings. The van der Waals surface area contributed by atoms with Crippen LogP contribution < -0.4 is 10.5 Å². The summed E-state index contributed by atoms with van der Waals surface area (Å²) in [4.78, 5) is 8.83. The average molecular weight is 201 g/mol. The van der Waals surface area contributed by atoms with E-state index in [0.29, 0.717) is 12.4 Å². The zero-order valence-electron chi connectivity index (χ0n) is 8.18. The summed E-state index contributed by atoms with van der Waals surface area (Å²) in [5, 5.41) is 0. The average Bonchev–Trinajstić information content (AvgIpc) is 2.62. The number of fused-ring (bicyclic) bond motifs is 2. The second kappa shape index (κ2) is 2.82. The Labute approximate surface area is 87.5 Å². The first-order valence-electron chi connectivity index (χ1n) is 4.93. The number of benzene rings is 1. The van der Waals surface area contributed by atoms with Crippen molar-refractivity contribution < 1.29 is 4.74 Å². The molecule has 0 aromatic heterocycles. The van der Waals surface area contributed by atoms with Crippen LogP contribution in [-0.4, -0.2) is 18.7 Å². The number of nitrogens with two attached hydrogens (primary N) is 1. The quantitative estimate of drug-likeness (QED) is 0.682. The highest BCUT2D eigenvalue weighted by Gasteiger charge is 2.39. The SMILES string of the molecule is NC1=NC2(CCOc3ccccc32)N=C1. The fourth-order valence-corrected chi connectivity index (χ4v) is 2.06. The van der Waals surface area contributed by atoms with Gasteiger partial charge in [-0.3, -0.25) is 4.99 Å². The van der Waals surface area contributed by atoms with Gasteiger partial charge in [0, 0.05) is 12.0 Å². The second-order valence-corrected chi connectivity index (χ2v) is 3.71. The molecule has 76 valence electrons. The van der Waals surface area contributed by atoms with Crippen LogP contribution in [0.5, 0.6) is 5.75 Å². The van der Waals surface area contributed by atoms with Gasteiger partial charge >= 0.3 is 0 Å². The molecule has 2 aliphatic heterocycles. The molecule has 0 radical (unpaired) electrons. The molecule has 1 atom stereocenters. The molecule has 0 saturated carbocycles. The minimum atomic E-state index is -0.515. The first-order chi connectivity index (χ1) is 7.30. The second-order valence-electron chi connectivity index (χ2n) is 3.71. The van der Waals surface area contributed by atoms with E-state index in [1.165, 1.54) is 0 Å². The Balaban J connectivity index is 2.19. The summed E-state index contributed by atoms with van der Waals surface area (Å²) in [6.07, 6.45) is 2.38. The maximum absolute atomic E-state index is 5.66. The van der Waals surface area contributed by atoms with Gasteiger partial charge in [-0.1, -0.05) is 18.2 Å². The summed E-state index contributed by atoms with van der Waals surface area (Å²) in [6.45, 7) is 0.630. The van der Waals surface area contributed by atoms with E-state index in [1.807, 2.05) is 24.3 Å². The molecule has 4 nitrogen and oxygen atoms in total. The molecular weight excluding hydrogens is 190 g/mol. The molecule has 4 heteroatoms. The van der Waals surface area contributed by atoms with E-state index in [1.54, 1.807) is 6.21 Å². The summed E-state index contributed by atoms with van der Waals surface area (Å²) in [6, 6.07) is 7.85. The molecule has 0 amide bonds. The van der Waals surface area contributed by atoms with Gasteiger partial charge in [-0.15, -0.1) is 0 Å². The predicted molar refractivity (Wildman–Crippen MR) is 58.3 cm³/mol. The number of amidine groups is 1. The van der Waals surface area contributed by atoms with Crippen LogP contribution in [0, 0.1) is 0 Å². The van der Waals surface area contributed by atoms with Gasteiger partial charge in [0.25, 0.3) is 0 Å².